The van der Waals surface area contributed by atoms with Crippen LogP contribution < -0.4 is 10.2 Å². The average Bonchev–Trinajstić information content (AvgIpc) is 3.11. The van der Waals surface area contributed by atoms with Gasteiger partial charge in [-0.15, -0.1) is 0 Å². The first-order chi connectivity index (χ1) is 14.5. The smallest absolute Gasteiger partial charge is 0.238 e. The number of nitrogens with one attached hydrogen (secondary N) is 1. The molecule has 3 heterocycles. The number of piperazine rings is 1. The number of para-hydroxylation sites is 2. The molecule has 1 aromatic carbocycles. The fourth-order valence-corrected chi connectivity index (χ4v) is 4.68. The summed E-state index contributed by atoms with van der Waals surface area (Å²) < 4.78 is 5.44. The number of benzene rings is 1. The summed E-state index contributed by atoms with van der Waals surface area (Å²) in [5.74, 6) is -0.0282. The number of likely N-dealkylation sites (N-methyl/N-ethyl adjacent to an activating group) is 1. The first-order valence-electron chi connectivity index (χ1n) is 11.1. The molecule has 3 aliphatic heterocycles. The zero-order valence-electron chi connectivity index (χ0n) is 18.1. The highest BCUT2D eigenvalue weighted by Gasteiger charge is 2.38. The summed E-state index contributed by atoms with van der Waals surface area (Å²) in [5, 5.41) is 14.1. The van der Waals surface area contributed by atoms with Crippen LogP contribution in [0.3, 0.4) is 0 Å². The Morgan fingerprint density at radius 2 is 1.80 bits per heavy atom. The molecule has 166 valence electrons. The lowest BCUT2D eigenvalue weighted by Crippen LogP contribution is -2.52. The normalized spacial score (nSPS) is 26.8. The van der Waals surface area contributed by atoms with Crippen LogP contribution in [0.2, 0.25) is 0 Å². The monoisotopic (exact) mass is 417 g/mol. The van der Waals surface area contributed by atoms with E-state index in [9.17, 15) is 9.90 Å². The van der Waals surface area contributed by atoms with E-state index < -0.39 is 5.60 Å². The van der Waals surface area contributed by atoms with Crippen molar-refractivity contribution in [3.63, 3.8) is 0 Å². The molecule has 3 saturated heterocycles. The van der Waals surface area contributed by atoms with Crippen LogP contribution >= 0.6 is 0 Å². The molecule has 1 amide bonds. The molecule has 1 atom stereocenters. The van der Waals surface area contributed by atoms with Crippen LogP contribution in [0, 0.1) is 0 Å². The van der Waals surface area contributed by atoms with Crippen LogP contribution in [0.1, 0.15) is 6.42 Å². The third-order valence-electron chi connectivity index (χ3n) is 6.42. The van der Waals surface area contributed by atoms with Crippen molar-refractivity contribution in [1.29, 1.82) is 0 Å². The highest BCUT2D eigenvalue weighted by atomic mass is 16.5. The van der Waals surface area contributed by atoms with Crippen molar-refractivity contribution in [3.05, 3.63) is 24.3 Å². The van der Waals surface area contributed by atoms with Gasteiger partial charge in [0.15, 0.2) is 0 Å². The Bertz CT molecular complexity index is 718. The molecule has 3 fully saturated rings. The number of carbonyl (C=O) groups excluding carboxylic acids is 1. The molecule has 0 spiro atoms. The van der Waals surface area contributed by atoms with Crippen molar-refractivity contribution in [1.82, 2.24) is 14.7 Å². The van der Waals surface area contributed by atoms with E-state index in [2.05, 4.69) is 32.0 Å². The lowest BCUT2D eigenvalue weighted by atomic mass is 10.0. The van der Waals surface area contributed by atoms with Crippen LogP contribution in [0.5, 0.6) is 0 Å². The molecule has 4 rings (SSSR count). The van der Waals surface area contributed by atoms with E-state index in [1.165, 1.54) is 0 Å². The van der Waals surface area contributed by atoms with Crippen molar-refractivity contribution in [2.75, 3.05) is 95.9 Å². The number of hydrogen-bond acceptors (Lipinski definition) is 7. The van der Waals surface area contributed by atoms with E-state index in [-0.39, 0.29) is 5.91 Å². The molecular formula is C22H35N5O3. The van der Waals surface area contributed by atoms with Crippen molar-refractivity contribution >= 4 is 17.3 Å². The van der Waals surface area contributed by atoms with E-state index in [0.717, 1.165) is 63.6 Å². The van der Waals surface area contributed by atoms with Gasteiger partial charge < -0.3 is 25.0 Å². The number of likely N-dealkylation sites (tertiary alicyclic amines) is 1. The van der Waals surface area contributed by atoms with Crippen molar-refractivity contribution in [3.8, 4) is 0 Å². The van der Waals surface area contributed by atoms with Gasteiger partial charge in [0.05, 0.1) is 36.7 Å². The van der Waals surface area contributed by atoms with E-state index in [4.69, 9.17) is 4.74 Å². The predicted molar refractivity (Wildman–Crippen MR) is 118 cm³/mol. The highest BCUT2D eigenvalue weighted by Crippen LogP contribution is 2.27. The second kappa shape index (κ2) is 9.62. The molecule has 0 unspecified atom stereocenters. The van der Waals surface area contributed by atoms with Gasteiger partial charge in [0.2, 0.25) is 5.91 Å². The van der Waals surface area contributed by atoms with Crippen LogP contribution in [0.25, 0.3) is 0 Å². The number of β-amino-alcohol motifs (C(OH)–C–C–N with tert-alkyl or cyclic N) is 1. The summed E-state index contributed by atoms with van der Waals surface area (Å²) in [5.41, 5.74) is 1.17. The standard InChI is InChI=1S/C22H35N5O3/c1-24-8-10-25(11-9-24)17-22(29)6-7-26(18-22)16-21(28)23-19-4-2-3-5-20(19)27-12-14-30-15-13-27/h2-5,29H,6-18H2,1H3,(H,23,28)/t22-/m0/s1. The molecule has 8 heteroatoms. The minimum Gasteiger partial charge on any atom is -0.387 e. The Labute approximate surface area is 179 Å². The van der Waals surface area contributed by atoms with Gasteiger partial charge in [0.1, 0.15) is 0 Å². The van der Waals surface area contributed by atoms with Crippen LogP contribution in [-0.2, 0) is 9.53 Å². The Morgan fingerprint density at radius 3 is 2.57 bits per heavy atom. The molecule has 2 N–H and O–H groups in total. The van der Waals surface area contributed by atoms with Crippen LogP contribution in [0.4, 0.5) is 11.4 Å². The van der Waals surface area contributed by atoms with Gasteiger partial charge >= 0.3 is 0 Å². The number of anilines is 2. The SMILES string of the molecule is CN1CCN(C[C@@]2(O)CCN(CC(=O)Nc3ccccc3N3CCOCC3)C2)CC1. The first kappa shape index (κ1) is 21.5. The summed E-state index contributed by atoms with van der Waals surface area (Å²) in [4.78, 5) is 21.7. The highest BCUT2D eigenvalue weighted by molar-refractivity contribution is 5.95. The lowest BCUT2D eigenvalue weighted by Gasteiger charge is -2.36. The molecule has 3 aliphatic rings. The van der Waals surface area contributed by atoms with E-state index >= 15 is 0 Å². The zero-order chi connectivity index (χ0) is 21.0. The minimum absolute atomic E-state index is 0.0282. The number of hydrogen-bond donors (Lipinski definition) is 2. The minimum atomic E-state index is -0.720. The summed E-state index contributed by atoms with van der Waals surface area (Å²) >= 11 is 0. The summed E-state index contributed by atoms with van der Waals surface area (Å²) in [6.45, 7) is 9.48. The lowest BCUT2D eigenvalue weighted by molar-refractivity contribution is -0.117. The Balaban J connectivity index is 1.29. The maximum Gasteiger partial charge on any atom is 0.238 e. The molecule has 0 aromatic heterocycles. The predicted octanol–water partition coefficient (Wildman–Crippen LogP) is 0.146. The average molecular weight is 418 g/mol. The summed E-state index contributed by atoms with van der Waals surface area (Å²) in [6.07, 6.45) is 0.719. The summed E-state index contributed by atoms with van der Waals surface area (Å²) in [6, 6.07) is 7.95. The maximum absolute atomic E-state index is 12.7. The molecule has 0 aliphatic carbocycles. The van der Waals surface area contributed by atoms with Crippen molar-refractivity contribution in [2.45, 2.75) is 12.0 Å². The van der Waals surface area contributed by atoms with Gasteiger partial charge in [-0.2, -0.15) is 0 Å². The Kier molecular flexibility index (Phi) is 6.90. The molecule has 0 radical (unpaired) electrons. The van der Waals surface area contributed by atoms with E-state index in [1.54, 1.807) is 0 Å². The number of amides is 1. The maximum atomic E-state index is 12.7. The first-order valence-corrected chi connectivity index (χ1v) is 11.1. The molecule has 0 saturated carbocycles. The third-order valence-corrected chi connectivity index (χ3v) is 6.42. The fraction of sp³-hybridized carbons (Fsp3) is 0.682. The number of nitrogens with zero attached hydrogens (tertiary/aromatic N) is 4. The molecule has 1 aromatic rings. The summed E-state index contributed by atoms with van der Waals surface area (Å²) in [7, 11) is 2.14. The topological polar surface area (TPSA) is 71.5 Å². The Morgan fingerprint density at radius 1 is 1.07 bits per heavy atom. The fourth-order valence-electron chi connectivity index (χ4n) is 4.68. The van der Waals surface area contributed by atoms with E-state index in [1.807, 2.05) is 24.3 Å². The number of carbonyl (C=O) groups is 1. The molecule has 0 bridgehead atoms. The third kappa shape index (κ3) is 5.50. The molecule has 8 nitrogen and oxygen atoms in total. The molecular weight excluding hydrogens is 382 g/mol. The van der Waals surface area contributed by atoms with Crippen LogP contribution in [0.15, 0.2) is 24.3 Å². The number of aliphatic hydroxyl groups is 1. The van der Waals surface area contributed by atoms with Gasteiger partial charge in [-0.3, -0.25) is 14.6 Å². The largest absolute Gasteiger partial charge is 0.387 e. The van der Waals surface area contributed by atoms with Crippen molar-refractivity contribution < 1.29 is 14.6 Å². The van der Waals surface area contributed by atoms with Gasteiger partial charge in [-0.1, -0.05) is 12.1 Å². The second-order valence-electron chi connectivity index (χ2n) is 8.93. The van der Waals surface area contributed by atoms with E-state index in [0.29, 0.717) is 32.8 Å². The quantitative estimate of drug-likeness (QED) is 0.683. The van der Waals surface area contributed by atoms with Gasteiger partial charge in [-0.05, 0) is 25.6 Å². The Hall–Kier alpha value is -1.71. The number of ether oxygens (including phenoxy) is 1. The van der Waals surface area contributed by atoms with Gasteiger partial charge in [-0.25, -0.2) is 0 Å². The number of rotatable bonds is 6. The van der Waals surface area contributed by atoms with Crippen LogP contribution in [-0.4, -0.2) is 117 Å². The molecule has 30 heavy (non-hydrogen) atoms. The zero-order valence-corrected chi connectivity index (χ0v) is 18.1. The van der Waals surface area contributed by atoms with Gasteiger partial charge in [0, 0.05) is 58.9 Å². The number of morpholine rings is 1. The second-order valence-corrected chi connectivity index (χ2v) is 8.93. The van der Waals surface area contributed by atoms with Gasteiger partial charge in [0.25, 0.3) is 0 Å². The van der Waals surface area contributed by atoms with Crippen molar-refractivity contribution in [2.24, 2.45) is 0 Å².